The van der Waals surface area contributed by atoms with Crippen LogP contribution in [0, 0.1) is 19.1 Å². The van der Waals surface area contributed by atoms with Crippen LogP contribution in [0.5, 0.6) is 0 Å². The Kier molecular flexibility index (Phi) is 4.62. The molecule has 0 spiro atoms. The molecule has 1 aromatic rings. The monoisotopic (exact) mass is 375 g/mol. The smallest absolute Gasteiger partial charge is 0.293 e. The van der Waals surface area contributed by atoms with Crippen LogP contribution in [-0.2, 0) is 0 Å². The largest absolute Gasteiger partial charge is 0.379 e. The van der Waals surface area contributed by atoms with Gasteiger partial charge in [0.1, 0.15) is 5.69 Å². The molecule has 104 valence electrons. The zero-order chi connectivity index (χ0) is 13.9. The molecule has 5 nitrogen and oxygen atoms in total. The molecule has 1 saturated heterocycles. The summed E-state index contributed by atoms with van der Waals surface area (Å²) in [6.45, 7) is 5.05. The Morgan fingerprint density at radius 1 is 1.47 bits per heavy atom. The second-order valence-electron chi connectivity index (χ2n) is 5.33. The van der Waals surface area contributed by atoms with Crippen LogP contribution in [0.4, 0.5) is 11.4 Å². The van der Waals surface area contributed by atoms with Gasteiger partial charge in [-0.1, -0.05) is 6.92 Å². The summed E-state index contributed by atoms with van der Waals surface area (Å²) in [5.74, 6) is 0. The van der Waals surface area contributed by atoms with E-state index in [-0.39, 0.29) is 16.0 Å². The van der Waals surface area contributed by atoms with Gasteiger partial charge in [0, 0.05) is 16.2 Å². The van der Waals surface area contributed by atoms with E-state index < -0.39 is 0 Å². The Morgan fingerprint density at radius 2 is 2.16 bits per heavy atom. The fraction of sp³-hybridized carbons (Fsp3) is 0.538. The number of piperidine rings is 1. The number of hydrogen-bond donors (Lipinski definition) is 2. The van der Waals surface area contributed by atoms with E-state index >= 15 is 0 Å². The number of halogens is 1. The predicted octanol–water partition coefficient (Wildman–Crippen LogP) is 3.00. The first-order valence-corrected chi connectivity index (χ1v) is 7.47. The van der Waals surface area contributed by atoms with E-state index in [2.05, 4.69) is 40.1 Å². The highest BCUT2D eigenvalue weighted by molar-refractivity contribution is 14.1. The molecule has 2 N–H and O–H groups in total. The van der Waals surface area contributed by atoms with Crippen LogP contribution >= 0.6 is 22.6 Å². The van der Waals surface area contributed by atoms with Crippen LogP contribution in [0.3, 0.4) is 0 Å². The van der Waals surface area contributed by atoms with Gasteiger partial charge in [-0.15, -0.1) is 0 Å². The number of nitrogens with one attached hydrogen (secondary N) is 2. The molecule has 0 amide bonds. The van der Waals surface area contributed by atoms with Crippen molar-refractivity contribution >= 4 is 34.0 Å². The highest BCUT2D eigenvalue weighted by atomic mass is 127. The van der Waals surface area contributed by atoms with Gasteiger partial charge in [0.25, 0.3) is 5.69 Å². The van der Waals surface area contributed by atoms with Crippen LogP contribution in [-0.4, -0.2) is 24.6 Å². The van der Waals surface area contributed by atoms with E-state index in [4.69, 9.17) is 0 Å². The Bertz CT molecular complexity index is 473. The number of benzene rings is 1. The molecule has 1 fully saturated rings. The third-order valence-corrected chi connectivity index (χ3v) is 4.34. The SMILES string of the molecule is CC1(CNc2ccc(I)cc2[N+](=O)[O-])CCNCC1. The fourth-order valence-electron chi connectivity index (χ4n) is 2.32. The lowest BCUT2D eigenvalue weighted by Crippen LogP contribution is -2.39. The first kappa shape index (κ1) is 14.5. The first-order chi connectivity index (χ1) is 9.00. The molecular formula is C13H18IN3O2. The van der Waals surface area contributed by atoms with Crippen molar-refractivity contribution in [1.82, 2.24) is 5.32 Å². The van der Waals surface area contributed by atoms with Crippen LogP contribution in [0.2, 0.25) is 0 Å². The summed E-state index contributed by atoms with van der Waals surface area (Å²) in [7, 11) is 0. The number of rotatable bonds is 4. The summed E-state index contributed by atoms with van der Waals surface area (Å²) < 4.78 is 0.878. The maximum Gasteiger partial charge on any atom is 0.293 e. The highest BCUT2D eigenvalue weighted by Gasteiger charge is 2.27. The molecule has 19 heavy (non-hydrogen) atoms. The summed E-state index contributed by atoms with van der Waals surface area (Å²) in [5, 5.41) is 17.7. The van der Waals surface area contributed by atoms with E-state index in [0.29, 0.717) is 5.69 Å². The average Bonchev–Trinajstić information content (AvgIpc) is 2.38. The van der Waals surface area contributed by atoms with E-state index in [9.17, 15) is 10.1 Å². The molecule has 2 rings (SSSR count). The van der Waals surface area contributed by atoms with Gasteiger partial charge in [-0.2, -0.15) is 0 Å². The standard InChI is InChI=1S/C13H18IN3O2/c1-13(4-6-15-7-5-13)9-16-11-3-2-10(14)8-12(11)17(18)19/h2-3,8,15-16H,4-7,9H2,1H3. The highest BCUT2D eigenvalue weighted by Crippen LogP contribution is 2.31. The third kappa shape index (κ3) is 3.79. The van der Waals surface area contributed by atoms with Gasteiger partial charge >= 0.3 is 0 Å². The van der Waals surface area contributed by atoms with Crippen molar-refractivity contribution in [3.8, 4) is 0 Å². The molecule has 1 heterocycles. The lowest BCUT2D eigenvalue weighted by molar-refractivity contribution is -0.384. The maximum absolute atomic E-state index is 11.1. The van der Waals surface area contributed by atoms with E-state index in [0.717, 1.165) is 36.0 Å². The Balaban J connectivity index is 2.08. The first-order valence-electron chi connectivity index (χ1n) is 6.39. The fourth-order valence-corrected chi connectivity index (χ4v) is 2.80. The quantitative estimate of drug-likeness (QED) is 0.482. The van der Waals surface area contributed by atoms with Crippen LogP contribution in [0.15, 0.2) is 18.2 Å². The van der Waals surface area contributed by atoms with Gasteiger partial charge in [0.15, 0.2) is 0 Å². The summed E-state index contributed by atoms with van der Waals surface area (Å²) in [6.07, 6.45) is 2.19. The molecule has 6 heteroatoms. The molecule has 0 aromatic heterocycles. The van der Waals surface area contributed by atoms with Crippen molar-refractivity contribution in [3.05, 3.63) is 31.9 Å². The van der Waals surface area contributed by atoms with Crippen LogP contribution < -0.4 is 10.6 Å². The molecule has 0 saturated carbocycles. The topological polar surface area (TPSA) is 67.2 Å². The number of nitro benzene ring substituents is 1. The van der Waals surface area contributed by atoms with Crippen molar-refractivity contribution in [2.45, 2.75) is 19.8 Å². The third-order valence-electron chi connectivity index (χ3n) is 3.67. The minimum Gasteiger partial charge on any atom is -0.379 e. The molecule has 1 aromatic carbocycles. The van der Waals surface area contributed by atoms with Crippen molar-refractivity contribution in [2.75, 3.05) is 25.0 Å². The zero-order valence-electron chi connectivity index (χ0n) is 10.9. The van der Waals surface area contributed by atoms with Crippen molar-refractivity contribution in [1.29, 1.82) is 0 Å². The maximum atomic E-state index is 11.1. The normalized spacial score (nSPS) is 18.0. The minimum atomic E-state index is -0.324. The summed E-state index contributed by atoms with van der Waals surface area (Å²) in [4.78, 5) is 10.7. The van der Waals surface area contributed by atoms with Crippen molar-refractivity contribution in [3.63, 3.8) is 0 Å². The molecule has 0 radical (unpaired) electrons. The molecule has 0 atom stereocenters. The number of nitrogens with zero attached hydrogens (tertiary/aromatic N) is 1. The summed E-state index contributed by atoms with van der Waals surface area (Å²) in [5.41, 5.74) is 0.983. The van der Waals surface area contributed by atoms with E-state index in [1.807, 2.05) is 6.07 Å². The van der Waals surface area contributed by atoms with Gasteiger partial charge in [-0.25, -0.2) is 0 Å². The summed E-state index contributed by atoms with van der Waals surface area (Å²) in [6, 6.07) is 5.29. The molecule has 0 bridgehead atoms. The predicted molar refractivity (Wildman–Crippen MR) is 84.5 cm³/mol. The second kappa shape index (κ2) is 6.04. The lowest BCUT2D eigenvalue weighted by Gasteiger charge is -2.34. The van der Waals surface area contributed by atoms with Crippen molar-refractivity contribution in [2.24, 2.45) is 5.41 Å². The van der Waals surface area contributed by atoms with Gasteiger partial charge in [0.05, 0.1) is 4.92 Å². The van der Waals surface area contributed by atoms with Gasteiger partial charge in [-0.3, -0.25) is 10.1 Å². The average molecular weight is 375 g/mol. The molecule has 0 aliphatic carbocycles. The van der Waals surface area contributed by atoms with Crippen LogP contribution in [0.25, 0.3) is 0 Å². The van der Waals surface area contributed by atoms with Gasteiger partial charge < -0.3 is 10.6 Å². The van der Waals surface area contributed by atoms with Gasteiger partial charge in [0.2, 0.25) is 0 Å². The summed E-state index contributed by atoms with van der Waals surface area (Å²) >= 11 is 2.09. The van der Waals surface area contributed by atoms with Gasteiger partial charge in [-0.05, 0) is 66.1 Å². The van der Waals surface area contributed by atoms with Crippen molar-refractivity contribution < 1.29 is 4.92 Å². The number of nitro groups is 1. The number of hydrogen-bond acceptors (Lipinski definition) is 4. The Hall–Kier alpha value is -0.890. The zero-order valence-corrected chi connectivity index (χ0v) is 13.1. The molecule has 1 aliphatic rings. The Morgan fingerprint density at radius 3 is 2.79 bits per heavy atom. The number of anilines is 1. The molecular weight excluding hydrogens is 357 g/mol. The molecule has 0 unspecified atom stereocenters. The lowest BCUT2D eigenvalue weighted by atomic mass is 9.81. The Labute approximate surface area is 126 Å². The van der Waals surface area contributed by atoms with Crippen LogP contribution in [0.1, 0.15) is 19.8 Å². The molecule has 1 aliphatic heterocycles. The van der Waals surface area contributed by atoms with E-state index in [1.54, 1.807) is 12.1 Å². The van der Waals surface area contributed by atoms with E-state index in [1.165, 1.54) is 0 Å². The second-order valence-corrected chi connectivity index (χ2v) is 6.58. The minimum absolute atomic E-state index is 0.157.